The quantitative estimate of drug-likeness (QED) is 0.451. The Balaban J connectivity index is 1.51. The molecule has 2 aromatic heterocycles. The summed E-state index contributed by atoms with van der Waals surface area (Å²) in [5.74, 6) is 3.12. The molecule has 0 radical (unpaired) electrons. The Morgan fingerprint density at radius 2 is 1.77 bits per heavy atom. The molecule has 0 saturated carbocycles. The van der Waals surface area contributed by atoms with Gasteiger partial charge in [0.1, 0.15) is 0 Å². The lowest BCUT2D eigenvalue weighted by Gasteiger charge is -2.11. The van der Waals surface area contributed by atoms with Gasteiger partial charge in [-0.1, -0.05) is 24.3 Å². The van der Waals surface area contributed by atoms with Crippen LogP contribution in [0.4, 0.5) is 0 Å². The summed E-state index contributed by atoms with van der Waals surface area (Å²) < 4.78 is 19.0. The molecule has 26 heavy (non-hydrogen) atoms. The first-order valence-electron chi connectivity index (χ1n) is 8.62. The van der Waals surface area contributed by atoms with Crippen LogP contribution in [0.1, 0.15) is 6.42 Å². The summed E-state index contributed by atoms with van der Waals surface area (Å²) >= 11 is 0. The van der Waals surface area contributed by atoms with Crippen LogP contribution in [0.15, 0.2) is 71.3 Å². The molecule has 0 atom stereocenters. The Labute approximate surface area is 151 Å². The summed E-state index contributed by atoms with van der Waals surface area (Å²) in [6.07, 6.45) is 2.51. The van der Waals surface area contributed by atoms with E-state index in [-0.39, 0.29) is 0 Å². The van der Waals surface area contributed by atoms with Crippen molar-refractivity contribution in [3.8, 4) is 23.1 Å². The van der Waals surface area contributed by atoms with Crippen molar-refractivity contribution >= 4 is 11.0 Å². The first-order chi connectivity index (χ1) is 12.9. The van der Waals surface area contributed by atoms with Gasteiger partial charge in [0, 0.05) is 6.54 Å². The van der Waals surface area contributed by atoms with Crippen LogP contribution in [0.2, 0.25) is 0 Å². The third-order valence-electron chi connectivity index (χ3n) is 4.25. The van der Waals surface area contributed by atoms with E-state index in [9.17, 15) is 0 Å². The van der Waals surface area contributed by atoms with Crippen LogP contribution in [0.3, 0.4) is 0 Å². The van der Waals surface area contributed by atoms with Gasteiger partial charge < -0.3 is 18.5 Å². The lowest BCUT2D eigenvalue weighted by Crippen LogP contribution is -2.06. The zero-order valence-corrected chi connectivity index (χ0v) is 14.6. The van der Waals surface area contributed by atoms with Crippen LogP contribution in [-0.4, -0.2) is 23.3 Å². The zero-order chi connectivity index (χ0) is 17.8. The topological polar surface area (TPSA) is 49.4 Å². The molecule has 0 spiro atoms. The first kappa shape index (κ1) is 16.3. The molecule has 0 unspecified atom stereocenters. The highest BCUT2D eigenvalue weighted by molar-refractivity contribution is 5.79. The van der Waals surface area contributed by atoms with E-state index in [0.29, 0.717) is 6.61 Å². The second kappa shape index (κ2) is 7.35. The van der Waals surface area contributed by atoms with Crippen molar-refractivity contribution in [3.63, 3.8) is 0 Å². The van der Waals surface area contributed by atoms with E-state index in [2.05, 4.69) is 10.6 Å². The second-order valence-corrected chi connectivity index (χ2v) is 5.91. The highest BCUT2D eigenvalue weighted by Gasteiger charge is 2.14. The average Bonchev–Trinajstić information content (AvgIpc) is 3.33. The fraction of sp³-hybridized carbons (Fsp3) is 0.190. The van der Waals surface area contributed by atoms with Crippen molar-refractivity contribution in [1.29, 1.82) is 0 Å². The molecule has 2 heterocycles. The smallest absolute Gasteiger partial charge is 0.177 e. The molecule has 0 amide bonds. The van der Waals surface area contributed by atoms with Gasteiger partial charge in [0.25, 0.3) is 0 Å². The highest BCUT2D eigenvalue weighted by atomic mass is 16.5. The number of para-hydroxylation sites is 4. The van der Waals surface area contributed by atoms with Crippen LogP contribution in [0.25, 0.3) is 22.6 Å². The highest BCUT2D eigenvalue weighted by Crippen LogP contribution is 2.27. The molecule has 0 fully saturated rings. The fourth-order valence-electron chi connectivity index (χ4n) is 3.04. The summed E-state index contributed by atoms with van der Waals surface area (Å²) in [6, 6.07) is 19.6. The Morgan fingerprint density at radius 1 is 0.962 bits per heavy atom. The number of nitrogens with zero attached hydrogens (tertiary/aromatic N) is 2. The van der Waals surface area contributed by atoms with Crippen molar-refractivity contribution in [2.75, 3.05) is 13.7 Å². The predicted molar refractivity (Wildman–Crippen MR) is 101 cm³/mol. The van der Waals surface area contributed by atoms with Crippen molar-refractivity contribution < 1.29 is 13.9 Å². The predicted octanol–water partition coefficient (Wildman–Crippen LogP) is 4.77. The number of fused-ring (bicyclic) bond motifs is 1. The van der Waals surface area contributed by atoms with Crippen LogP contribution in [-0.2, 0) is 6.54 Å². The molecule has 0 N–H and O–H groups in total. The maximum Gasteiger partial charge on any atom is 0.177 e. The molecule has 4 rings (SSSR count). The van der Waals surface area contributed by atoms with Crippen LogP contribution < -0.4 is 9.47 Å². The van der Waals surface area contributed by atoms with Gasteiger partial charge in [-0.3, -0.25) is 0 Å². The third-order valence-corrected chi connectivity index (χ3v) is 4.25. The third kappa shape index (κ3) is 3.16. The number of methoxy groups -OCH3 is 1. The Kier molecular flexibility index (Phi) is 4.60. The molecular weight excluding hydrogens is 328 g/mol. The number of rotatable bonds is 7. The number of benzene rings is 2. The van der Waals surface area contributed by atoms with Gasteiger partial charge >= 0.3 is 0 Å². The largest absolute Gasteiger partial charge is 0.493 e. The minimum atomic E-state index is 0.588. The minimum absolute atomic E-state index is 0.588. The normalized spacial score (nSPS) is 11.0. The molecule has 0 aliphatic carbocycles. The fourth-order valence-corrected chi connectivity index (χ4v) is 3.04. The molecule has 0 aliphatic rings. The van der Waals surface area contributed by atoms with Crippen LogP contribution in [0, 0.1) is 0 Å². The molecule has 4 aromatic rings. The maximum absolute atomic E-state index is 5.89. The summed E-state index contributed by atoms with van der Waals surface area (Å²) in [6.45, 7) is 1.37. The lowest BCUT2D eigenvalue weighted by atomic mass is 10.3. The molecule has 132 valence electrons. The van der Waals surface area contributed by atoms with E-state index < -0.39 is 0 Å². The average molecular weight is 348 g/mol. The number of hydrogen-bond donors (Lipinski definition) is 0. The lowest BCUT2D eigenvalue weighted by molar-refractivity contribution is 0.283. The minimum Gasteiger partial charge on any atom is -0.493 e. The maximum atomic E-state index is 5.89. The van der Waals surface area contributed by atoms with Crippen molar-refractivity contribution in [3.05, 3.63) is 66.9 Å². The van der Waals surface area contributed by atoms with Gasteiger partial charge in [-0.25, -0.2) is 4.98 Å². The number of aryl methyl sites for hydroxylation is 1. The standard InChI is InChI=1S/C21H20N2O3/c1-24-18-10-4-5-11-19(18)25-15-7-13-23-17-9-3-2-8-16(17)22-21(23)20-12-6-14-26-20/h2-6,8-12,14H,7,13,15H2,1H3. The van der Waals surface area contributed by atoms with Gasteiger partial charge in [-0.15, -0.1) is 0 Å². The van der Waals surface area contributed by atoms with E-state index >= 15 is 0 Å². The van der Waals surface area contributed by atoms with Crippen molar-refractivity contribution in [2.24, 2.45) is 0 Å². The molecule has 0 aliphatic heterocycles. The van der Waals surface area contributed by atoms with E-state index in [1.165, 1.54) is 0 Å². The monoisotopic (exact) mass is 348 g/mol. The summed E-state index contributed by atoms with van der Waals surface area (Å²) in [7, 11) is 1.65. The number of ether oxygens (including phenoxy) is 2. The van der Waals surface area contributed by atoms with Gasteiger partial charge in [0.2, 0.25) is 0 Å². The molecular formula is C21H20N2O3. The van der Waals surface area contributed by atoms with Gasteiger partial charge in [-0.05, 0) is 42.8 Å². The number of furan rings is 1. The van der Waals surface area contributed by atoms with Gasteiger partial charge in [-0.2, -0.15) is 0 Å². The Morgan fingerprint density at radius 3 is 2.58 bits per heavy atom. The van der Waals surface area contributed by atoms with E-state index in [1.54, 1.807) is 13.4 Å². The zero-order valence-electron chi connectivity index (χ0n) is 14.6. The molecule has 5 heteroatoms. The molecule has 0 saturated heterocycles. The number of imidazole rings is 1. The van der Waals surface area contributed by atoms with Crippen LogP contribution >= 0.6 is 0 Å². The van der Waals surface area contributed by atoms with Crippen LogP contribution in [0.5, 0.6) is 11.5 Å². The summed E-state index contributed by atoms with van der Waals surface area (Å²) in [5, 5.41) is 0. The molecule has 0 bridgehead atoms. The van der Waals surface area contributed by atoms with Crippen molar-refractivity contribution in [1.82, 2.24) is 9.55 Å². The SMILES string of the molecule is COc1ccccc1OCCCn1c(-c2ccco2)nc2ccccc21. The molecule has 2 aromatic carbocycles. The number of aromatic nitrogens is 2. The Hall–Kier alpha value is -3.21. The summed E-state index contributed by atoms with van der Waals surface area (Å²) in [5.41, 5.74) is 2.06. The van der Waals surface area contributed by atoms with E-state index in [0.717, 1.165) is 47.1 Å². The first-order valence-corrected chi connectivity index (χ1v) is 8.62. The van der Waals surface area contributed by atoms with E-state index in [1.807, 2.05) is 54.6 Å². The van der Waals surface area contributed by atoms with E-state index in [4.69, 9.17) is 18.9 Å². The van der Waals surface area contributed by atoms with Gasteiger partial charge in [0.05, 0.1) is 31.0 Å². The Bertz CT molecular complexity index is 990. The summed E-state index contributed by atoms with van der Waals surface area (Å²) in [4.78, 5) is 4.73. The second-order valence-electron chi connectivity index (χ2n) is 5.91. The number of hydrogen-bond acceptors (Lipinski definition) is 4. The van der Waals surface area contributed by atoms with Crippen molar-refractivity contribution in [2.45, 2.75) is 13.0 Å². The molecule has 5 nitrogen and oxygen atoms in total. The van der Waals surface area contributed by atoms with Gasteiger partial charge in [0.15, 0.2) is 23.1 Å².